The molecular weight excluding hydrogens is 488 g/mol. The Labute approximate surface area is 211 Å². The molecule has 5 rings (SSSR count). The molecule has 4 heterocycles. The first-order valence-electron chi connectivity index (χ1n) is 11.6. The van der Waals surface area contributed by atoms with E-state index in [1.807, 2.05) is 17.1 Å². The van der Waals surface area contributed by atoms with Gasteiger partial charge in [-0.25, -0.2) is 9.50 Å². The van der Waals surface area contributed by atoms with Gasteiger partial charge in [-0.1, -0.05) is 0 Å². The summed E-state index contributed by atoms with van der Waals surface area (Å²) < 4.78 is 34.8. The lowest BCUT2D eigenvalue weighted by Crippen LogP contribution is -2.33. The molecular formula is C24H27F2N7O2S. The van der Waals surface area contributed by atoms with Crippen LogP contribution in [0.15, 0.2) is 53.9 Å². The maximum atomic E-state index is 13.3. The summed E-state index contributed by atoms with van der Waals surface area (Å²) in [6.07, 6.45) is 9.44. The van der Waals surface area contributed by atoms with Gasteiger partial charge in [-0.05, 0) is 57.0 Å². The summed E-state index contributed by atoms with van der Waals surface area (Å²) in [6.45, 7) is -1.16. The number of alkyl halides is 2. The van der Waals surface area contributed by atoms with Crippen LogP contribution in [0.2, 0.25) is 0 Å². The van der Waals surface area contributed by atoms with Crippen LogP contribution in [-0.4, -0.2) is 67.4 Å². The number of hydrogen-bond donors (Lipinski definition) is 2. The Morgan fingerprint density at radius 1 is 1.31 bits per heavy atom. The van der Waals surface area contributed by atoms with Crippen molar-refractivity contribution < 1.29 is 18.6 Å². The number of aromatic nitrogens is 5. The summed E-state index contributed by atoms with van der Waals surface area (Å²) in [5.41, 5.74) is 2.31. The van der Waals surface area contributed by atoms with Crippen molar-refractivity contribution in [3.05, 3.63) is 54.6 Å². The molecule has 3 aromatic heterocycles. The van der Waals surface area contributed by atoms with E-state index in [9.17, 15) is 13.9 Å². The van der Waals surface area contributed by atoms with Crippen molar-refractivity contribution in [1.82, 2.24) is 29.3 Å². The summed E-state index contributed by atoms with van der Waals surface area (Å²) in [7, 11) is 2.06. The molecule has 0 bridgehead atoms. The fourth-order valence-corrected chi connectivity index (χ4v) is 4.96. The van der Waals surface area contributed by atoms with Crippen molar-refractivity contribution in [3.8, 4) is 17.0 Å². The van der Waals surface area contributed by atoms with Gasteiger partial charge in [-0.2, -0.15) is 19.0 Å². The van der Waals surface area contributed by atoms with Gasteiger partial charge in [0, 0.05) is 35.6 Å². The van der Waals surface area contributed by atoms with E-state index >= 15 is 0 Å². The predicted molar refractivity (Wildman–Crippen MR) is 133 cm³/mol. The van der Waals surface area contributed by atoms with E-state index in [2.05, 4.69) is 27.3 Å². The van der Waals surface area contributed by atoms with Crippen LogP contribution in [0, 0.1) is 0 Å². The highest BCUT2D eigenvalue weighted by Gasteiger charge is 2.26. The third-order valence-electron chi connectivity index (χ3n) is 6.26. The van der Waals surface area contributed by atoms with Crippen molar-refractivity contribution in [1.29, 1.82) is 0 Å². The number of benzene rings is 1. The van der Waals surface area contributed by atoms with E-state index in [1.54, 1.807) is 41.3 Å². The Balaban J connectivity index is 1.57. The monoisotopic (exact) mass is 515 g/mol. The van der Waals surface area contributed by atoms with Gasteiger partial charge in [0.25, 0.3) is 0 Å². The molecule has 1 saturated heterocycles. The van der Waals surface area contributed by atoms with Crippen LogP contribution in [0.5, 0.6) is 5.75 Å². The number of likely N-dealkylation sites (N-methyl/N-ethyl adjacent to an activating group) is 1. The number of rotatable bonds is 8. The number of likely N-dealkylation sites (tertiary alicyclic amines) is 1. The number of hydrogen-bond acceptors (Lipinski definition) is 8. The van der Waals surface area contributed by atoms with Crippen molar-refractivity contribution in [3.63, 3.8) is 0 Å². The van der Waals surface area contributed by atoms with Crippen LogP contribution < -0.4 is 10.1 Å². The molecule has 1 fully saturated rings. The largest absolute Gasteiger partial charge is 0.434 e. The van der Waals surface area contributed by atoms with Crippen molar-refractivity contribution in [2.24, 2.45) is 0 Å². The molecule has 0 saturated carbocycles. The normalized spacial score (nSPS) is 17.6. The number of halogens is 2. The van der Waals surface area contributed by atoms with E-state index in [1.165, 1.54) is 17.8 Å². The molecule has 4 aromatic rings. The van der Waals surface area contributed by atoms with Gasteiger partial charge in [-0.3, -0.25) is 4.68 Å². The number of nitrogens with zero attached hydrogens (tertiary/aromatic N) is 6. The van der Waals surface area contributed by atoms with Gasteiger partial charge in [0.1, 0.15) is 11.4 Å². The minimum atomic E-state index is -2.98. The van der Waals surface area contributed by atoms with E-state index in [0.29, 0.717) is 28.2 Å². The fourth-order valence-electron chi connectivity index (χ4n) is 4.52. The summed E-state index contributed by atoms with van der Waals surface area (Å²) in [6, 6.07) is 6.88. The number of anilines is 1. The molecule has 0 radical (unpaired) electrons. The van der Waals surface area contributed by atoms with E-state index in [0.717, 1.165) is 30.8 Å². The van der Waals surface area contributed by atoms with Crippen LogP contribution in [-0.2, 0) is 0 Å². The summed E-state index contributed by atoms with van der Waals surface area (Å²) in [4.78, 5) is 7.42. The van der Waals surface area contributed by atoms with Gasteiger partial charge in [-0.15, -0.1) is 11.8 Å². The SMILES string of the molecule is CSc1ccc(OC(F)F)c(-c2nn([C@H]3CCCN(C)C3)cc2NC(O)c2cnn3cccnc23)c1. The van der Waals surface area contributed by atoms with Gasteiger partial charge in [0.15, 0.2) is 11.9 Å². The molecule has 1 aliphatic heterocycles. The standard InChI is InChI=1S/C24H27F2N7O2S/c1-31-9-3-5-15(13-31)33-14-19(29-23(34)18-12-28-32-10-4-8-27-22(18)32)21(30-33)17-11-16(36-2)6-7-20(17)35-24(25)26/h4,6-8,10-12,14-15,23-24,29,34H,3,5,9,13H2,1-2H3/t15-,23?/m0/s1. The highest BCUT2D eigenvalue weighted by Crippen LogP contribution is 2.39. The number of ether oxygens (including phenoxy) is 1. The van der Waals surface area contributed by atoms with Gasteiger partial charge in [0.05, 0.1) is 23.5 Å². The Kier molecular flexibility index (Phi) is 7.08. The molecule has 1 aromatic carbocycles. The van der Waals surface area contributed by atoms with Crippen LogP contribution in [0.25, 0.3) is 16.9 Å². The zero-order valence-electron chi connectivity index (χ0n) is 19.9. The van der Waals surface area contributed by atoms with Crippen LogP contribution >= 0.6 is 11.8 Å². The molecule has 190 valence electrons. The first-order chi connectivity index (χ1) is 17.4. The molecule has 2 N–H and O–H groups in total. The van der Waals surface area contributed by atoms with Crippen LogP contribution in [0.3, 0.4) is 0 Å². The number of aliphatic hydroxyl groups excluding tert-OH is 1. The molecule has 0 spiro atoms. The van der Waals surface area contributed by atoms with E-state index in [4.69, 9.17) is 9.84 Å². The zero-order chi connectivity index (χ0) is 25.2. The average molecular weight is 516 g/mol. The van der Waals surface area contributed by atoms with Crippen LogP contribution in [0.1, 0.15) is 30.7 Å². The maximum absolute atomic E-state index is 13.3. The third-order valence-corrected chi connectivity index (χ3v) is 6.98. The molecule has 12 heteroatoms. The lowest BCUT2D eigenvalue weighted by atomic mass is 10.1. The number of fused-ring (bicyclic) bond motifs is 1. The summed E-state index contributed by atoms with van der Waals surface area (Å²) in [5, 5.41) is 23.3. The Morgan fingerprint density at radius 3 is 2.94 bits per heavy atom. The first kappa shape index (κ1) is 24.5. The molecule has 1 unspecified atom stereocenters. The van der Waals surface area contributed by atoms with Gasteiger partial charge in [0.2, 0.25) is 0 Å². The third kappa shape index (κ3) is 5.01. The van der Waals surface area contributed by atoms with E-state index in [-0.39, 0.29) is 11.8 Å². The lowest BCUT2D eigenvalue weighted by Gasteiger charge is -2.29. The van der Waals surface area contributed by atoms with Crippen LogP contribution in [0.4, 0.5) is 14.5 Å². The quantitative estimate of drug-likeness (QED) is 0.265. The molecule has 0 aliphatic carbocycles. The summed E-state index contributed by atoms with van der Waals surface area (Å²) >= 11 is 1.49. The highest BCUT2D eigenvalue weighted by molar-refractivity contribution is 7.98. The van der Waals surface area contributed by atoms with E-state index < -0.39 is 12.8 Å². The fraction of sp³-hybridized carbons (Fsp3) is 0.375. The first-order valence-corrected chi connectivity index (χ1v) is 12.8. The number of piperidine rings is 1. The Morgan fingerprint density at radius 2 is 2.17 bits per heavy atom. The summed E-state index contributed by atoms with van der Waals surface area (Å²) in [5.74, 6) is 0.0176. The van der Waals surface area contributed by atoms with Gasteiger partial charge >= 0.3 is 6.61 Å². The van der Waals surface area contributed by atoms with Crippen molar-refractivity contribution in [2.75, 3.05) is 31.7 Å². The second-order valence-electron chi connectivity index (χ2n) is 8.70. The average Bonchev–Trinajstić information content (AvgIpc) is 3.48. The Hall–Kier alpha value is -3.22. The van der Waals surface area contributed by atoms with Gasteiger partial charge < -0.3 is 20.1 Å². The highest BCUT2D eigenvalue weighted by atomic mass is 32.2. The second-order valence-corrected chi connectivity index (χ2v) is 9.58. The number of thioether (sulfide) groups is 1. The zero-order valence-corrected chi connectivity index (χ0v) is 20.7. The molecule has 0 amide bonds. The lowest BCUT2D eigenvalue weighted by molar-refractivity contribution is -0.0494. The number of aliphatic hydroxyl groups is 1. The topological polar surface area (TPSA) is 92.7 Å². The second kappa shape index (κ2) is 10.4. The van der Waals surface area contributed by atoms with Crippen molar-refractivity contribution >= 4 is 23.1 Å². The number of nitrogens with one attached hydrogen (secondary N) is 1. The Bertz CT molecular complexity index is 1350. The van der Waals surface area contributed by atoms with Crippen molar-refractivity contribution in [2.45, 2.75) is 36.6 Å². The minimum absolute atomic E-state index is 0.0176. The smallest absolute Gasteiger partial charge is 0.387 e. The predicted octanol–water partition coefficient (Wildman–Crippen LogP) is 4.29. The molecule has 36 heavy (non-hydrogen) atoms. The maximum Gasteiger partial charge on any atom is 0.387 e. The molecule has 9 nitrogen and oxygen atoms in total. The minimum Gasteiger partial charge on any atom is -0.434 e. The molecule has 2 atom stereocenters. The molecule has 1 aliphatic rings.